The van der Waals surface area contributed by atoms with Crippen LogP contribution in [-0.2, 0) is 11.3 Å². The van der Waals surface area contributed by atoms with E-state index in [4.69, 9.17) is 9.47 Å². The van der Waals surface area contributed by atoms with Crippen molar-refractivity contribution < 1.29 is 14.3 Å². The van der Waals surface area contributed by atoms with Crippen molar-refractivity contribution in [3.05, 3.63) is 66.6 Å². The summed E-state index contributed by atoms with van der Waals surface area (Å²) in [6.07, 6.45) is 6.79. The van der Waals surface area contributed by atoms with Crippen LogP contribution in [0.2, 0.25) is 0 Å². The van der Waals surface area contributed by atoms with Gasteiger partial charge in [0.2, 0.25) is 5.88 Å². The van der Waals surface area contributed by atoms with Gasteiger partial charge in [-0.2, -0.15) is 5.10 Å². The van der Waals surface area contributed by atoms with Crippen LogP contribution in [0.25, 0.3) is 22.2 Å². The molecule has 1 aliphatic heterocycles. The number of fused-ring (bicyclic) bond motifs is 1. The zero-order valence-corrected chi connectivity index (χ0v) is 19.8. The van der Waals surface area contributed by atoms with E-state index in [1.807, 2.05) is 42.6 Å². The van der Waals surface area contributed by atoms with Crippen LogP contribution >= 0.6 is 0 Å². The first-order chi connectivity index (χ1) is 17.0. The average Bonchev–Trinajstić information content (AvgIpc) is 3.41. The van der Waals surface area contributed by atoms with E-state index in [1.54, 1.807) is 26.5 Å². The molecule has 4 aromatic rings. The van der Waals surface area contributed by atoms with Crippen molar-refractivity contribution in [3.8, 4) is 22.9 Å². The van der Waals surface area contributed by atoms with Gasteiger partial charge in [-0.15, -0.1) is 0 Å². The molecule has 0 aliphatic carbocycles. The fourth-order valence-electron chi connectivity index (χ4n) is 4.13. The normalized spacial score (nSPS) is 14.7. The Morgan fingerprint density at radius 2 is 1.94 bits per heavy atom. The molecule has 9 nitrogen and oxygen atoms in total. The minimum atomic E-state index is -0.271. The highest BCUT2D eigenvalue weighted by Gasteiger charge is 2.23. The minimum Gasteiger partial charge on any atom is -0.446 e. The Bertz CT molecular complexity index is 1280. The molecule has 0 radical (unpaired) electrons. The molecular weight excluding hydrogens is 444 g/mol. The molecule has 1 saturated heterocycles. The second-order valence-electron chi connectivity index (χ2n) is 8.91. The van der Waals surface area contributed by atoms with E-state index < -0.39 is 0 Å². The van der Waals surface area contributed by atoms with Gasteiger partial charge in [-0.25, -0.2) is 9.78 Å². The lowest BCUT2D eigenvalue weighted by molar-refractivity contribution is 0.0344. The van der Waals surface area contributed by atoms with E-state index in [0.29, 0.717) is 11.6 Å². The summed E-state index contributed by atoms with van der Waals surface area (Å²) in [7, 11) is 3.41. The number of aromatic nitrogens is 4. The van der Waals surface area contributed by atoms with Crippen molar-refractivity contribution >= 4 is 17.0 Å². The molecule has 180 valence electrons. The standard InChI is InChI=1S/C26H28N6O3/c1-31(2)26(33)35-21-8-11-32(12-9-21)17-18-13-19-3-5-22(14-24(19)27-15-18)34-25-6-4-20(16-28-25)23-7-10-29-30-23/h3-7,10,13-16,21H,8-9,11-12,17H2,1-2H3,(H,29,30). The molecular formula is C26H28N6O3. The van der Waals surface area contributed by atoms with Gasteiger partial charge in [0.25, 0.3) is 0 Å². The van der Waals surface area contributed by atoms with Crippen molar-refractivity contribution in [2.24, 2.45) is 0 Å². The summed E-state index contributed by atoms with van der Waals surface area (Å²) >= 11 is 0. The van der Waals surface area contributed by atoms with E-state index >= 15 is 0 Å². The molecule has 0 bridgehead atoms. The molecule has 1 amide bonds. The Hall–Kier alpha value is -3.98. The number of aromatic amines is 1. The van der Waals surface area contributed by atoms with Crippen LogP contribution in [-0.4, -0.2) is 69.3 Å². The number of piperidine rings is 1. The van der Waals surface area contributed by atoms with E-state index in [9.17, 15) is 4.79 Å². The SMILES string of the molecule is CN(C)C(=O)OC1CCN(Cc2cnc3cc(Oc4ccc(-c5ccn[nH]5)cn4)ccc3c2)CC1. The smallest absolute Gasteiger partial charge is 0.409 e. The van der Waals surface area contributed by atoms with E-state index in [-0.39, 0.29) is 12.2 Å². The van der Waals surface area contributed by atoms with Gasteiger partial charge in [0.05, 0.1) is 11.2 Å². The quantitative estimate of drug-likeness (QED) is 0.442. The number of pyridine rings is 2. The number of likely N-dealkylation sites (tertiary alicyclic amines) is 1. The van der Waals surface area contributed by atoms with E-state index in [2.05, 4.69) is 31.1 Å². The Labute approximate surface area is 203 Å². The van der Waals surface area contributed by atoms with Crippen LogP contribution in [0, 0.1) is 0 Å². The van der Waals surface area contributed by atoms with Gasteiger partial charge in [0.1, 0.15) is 11.9 Å². The van der Waals surface area contributed by atoms with Crippen LogP contribution in [0.3, 0.4) is 0 Å². The van der Waals surface area contributed by atoms with Gasteiger partial charge in [-0.1, -0.05) is 0 Å². The number of rotatable bonds is 6. The van der Waals surface area contributed by atoms with E-state index in [1.165, 1.54) is 4.90 Å². The Morgan fingerprint density at radius 1 is 1.09 bits per heavy atom. The Kier molecular flexibility index (Phi) is 6.58. The van der Waals surface area contributed by atoms with Crippen molar-refractivity contribution in [1.29, 1.82) is 0 Å². The number of nitrogens with zero attached hydrogens (tertiary/aromatic N) is 5. The number of nitrogens with one attached hydrogen (secondary N) is 1. The second kappa shape index (κ2) is 10.1. The number of carbonyl (C=O) groups is 1. The highest BCUT2D eigenvalue weighted by molar-refractivity contribution is 5.80. The topological polar surface area (TPSA) is 96.5 Å². The maximum Gasteiger partial charge on any atom is 0.409 e. The molecule has 3 aromatic heterocycles. The molecule has 0 unspecified atom stereocenters. The van der Waals surface area contributed by atoms with Gasteiger partial charge in [0, 0.05) is 75.4 Å². The summed E-state index contributed by atoms with van der Waals surface area (Å²) in [5.41, 5.74) is 3.88. The molecule has 5 rings (SSSR count). The van der Waals surface area contributed by atoms with Crippen LogP contribution in [0.5, 0.6) is 11.6 Å². The molecule has 35 heavy (non-hydrogen) atoms. The highest BCUT2D eigenvalue weighted by atomic mass is 16.6. The highest BCUT2D eigenvalue weighted by Crippen LogP contribution is 2.26. The molecule has 4 heterocycles. The molecule has 0 saturated carbocycles. The molecule has 1 fully saturated rings. The van der Waals surface area contributed by atoms with Gasteiger partial charge in [0.15, 0.2) is 0 Å². The second-order valence-corrected chi connectivity index (χ2v) is 8.91. The third-order valence-electron chi connectivity index (χ3n) is 6.06. The first kappa shape index (κ1) is 22.8. The zero-order valence-electron chi connectivity index (χ0n) is 19.8. The summed E-state index contributed by atoms with van der Waals surface area (Å²) in [6, 6.07) is 13.7. The zero-order chi connectivity index (χ0) is 24.2. The summed E-state index contributed by atoms with van der Waals surface area (Å²) in [5.74, 6) is 1.21. The number of H-pyrrole nitrogens is 1. The van der Waals surface area contributed by atoms with Crippen LogP contribution in [0.1, 0.15) is 18.4 Å². The first-order valence-electron chi connectivity index (χ1n) is 11.7. The number of hydrogen-bond donors (Lipinski definition) is 1. The predicted octanol–water partition coefficient (Wildman–Crippen LogP) is 4.47. The molecule has 9 heteroatoms. The lowest BCUT2D eigenvalue weighted by atomic mass is 10.1. The van der Waals surface area contributed by atoms with Crippen LogP contribution in [0.4, 0.5) is 4.79 Å². The average molecular weight is 473 g/mol. The molecule has 0 spiro atoms. The molecule has 1 N–H and O–H groups in total. The summed E-state index contributed by atoms with van der Waals surface area (Å²) in [5, 5.41) is 7.95. The van der Waals surface area contributed by atoms with Crippen LogP contribution < -0.4 is 4.74 Å². The number of ether oxygens (including phenoxy) is 2. The minimum absolute atomic E-state index is 0.00882. The molecule has 0 atom stereocenters. The summed E-state index contributed by atoms with van der Waals surface area (Å²) in [4.78, 5) is 24.7. The lowest BCUT2D eigenvalue weighted by Crippen LogP contribution is -2.39. The number of amides is 1. The largest absolute Gasteiger partial charge is 0.446 e. The Balaban J connectivity index is 1.18. The Morgan fingerprint density at radius 3 is 2.66 bits per heavy atom. The number of carbonyl (C=O) groups excluding carboxylic acids is 1. The van der Waals surface area contributed by atoms with Crippen molar-refractivity contribution in [1.82, 2.24) is 30.0 Å². The fourth-order valence-corrected chi connectivity index (χ4v) is 4.13. The molecule has 1 aromatic carbocycles. The predicted molar refractivity (Wildman–Crippen MR) is 132 cm³/mol. The van der Waals surface area contributed by atoms with Gasteiger partial charge < -0.3 is 14.4 Å². The number of hydrogen-bond acceptors (Lipinski definition) is 7. The van der Waals surface area contributed by atoms with Crippen molar-refractivity contribution in [2.45, 2.75) is 25.5 Å². The van der Waals surface area contributed by atoms with Gasteiger partial charge in [-0.3, -0.25) is 15.0 Å². The van der Waals surface area contributed by atoms with Gasteiger partial charge in [-0.05, 0) is 48.7 Å². The first-order valence-corrected chi connectivity index (χ1v) is 11.7. The molecule has 1 aliphatic rings. The maximum atomic E-state index is 11.8. The monoisotopic (exact) mass is 472 g/mol. The van der Waals surface area contributed by atoms with Crippen molar-refractivity contribution in [2.75, 3.05) is 27.2 Å². The van der Waals surface area contributed by atoms with Crippen molar-refractivity contribution in [3.63, 3.8) is 0 Å². The van der Waals surface area contributed by atoms with E-state index in [0.717, 1.165) is 60.2 Å². The number of benzene rings is 1. The summed E-state index contributed by atoms with van der Waals surface area (Å²) < 4.78 is 11.5. The third kappa shape index (κ3) is 5.58. The summed E-state index contributed by atoms with van der Waals surface area (Å²) in [6.45, 7) is 2.60. The van der Waals surface area contributed by atoms with Crippen LogP contribution in [0.15, 0.2) is 61.1 Å². The van der Waals surface area contributed by atoms with Gasteiger partial charge >= 0.3 is 6.09 Å². The fraction of sp³-hybridized carbons (Fsp3) is 0.308. The maximum absolute atomic E-state index is 11.8. The lowest BCUT2D eigenvalue weighted by Gasteiger charge is -2.32. The third-order valence-corrected chi connectivity index (χ3v) is 6.06.